The largest absolute Gasteiger partial charge is 0.395 e. The summed E-state index contributed by atoms with van der Waals surface area (Å²) in [5, 5.41) is 9.51. The van der Waals surface area contributed by atoms with Gasteiger partial charge in [0, 0.05) is 6.04 Å². The number of aryl methyl sites for hydroxylation is 1. The second-order valence-corrected chi connectivity index (χ2v) is 3.57. The SMILES string of the molecule is CCc1[nH]nc(C(=O)NC2CC2)c1N. The van der Waals surface area contributed by atoms with Gasteiger partial charge in [-0.15, -0.1) is 0 Å². The summed E-state index contributed by atoms with van der Waals surface area (Å²) < 4.78 is 0. The molecule has 0 saturated heterocycles. The number of hydrogen-bond acceptors (Lipinski definition) is 3. The van der Waals surface area contributed by atoms with Crippen LogP contribution in [-0.4, -0.2) is 22.1 Å². The second kappa shape index (κ2) is 3.32. The van der Waals surface area contributed by atoms with Gasteiger partial charge in [-0.25, -0.2) is 0 Å². The maximum atomic E-state index is 11.6. The van der Waals surface area contributed by atoms with Crippen LogP contribution in [0.5, 0.6) is 0 Å². The van der Waals surface area contributed by atoms with E-state index in [0.717, 1.165) is 25.0 Å². The van der Waals surface area contributed by atoms with Gasteiger partial charge in [-0.1, -0.05) is 6.92 Å². The molecule has 0 atom stereocenters. The van der Waals surface area contributed by atoms with Crippen molar-refractivity contribution in [2.75, 3.05) is 5.73 Å². The van der Waals surface area contributed by atoms with Gasteiger partial charge in [0.25, 0.3) is 5.91 Å². The van der Waals surface area contributed by atoms with E-state index in [1.165, 1.54) is 0 Å². The molecule has 1 heterocycles. The van der Waals surface area contributed by atoms with Crippen molar-refractivity contribution < 1.29 is 4.79 Å². The summed E-state index contributed by atoms with van der Waals surface area (Å²) in [4.78, 5) is 11.6. The van der Waals surface area contributed by atoms with Gasteiger partial charge in [-0.3, -0.25) is 9.89 Å². The van der Waals surface area contributed by atoms with Crippen LogP contribution in [-0.2, 0) is 6.42 Å². The Kier molecular flexibility index (Phi) is 2.15. The predicted molar refractivity (Wildman–Crippen MR) is 52.9 cm³/mol. The fourth-order valence-electron chi connectivity index (χ4n) is 1.31. The molecule has 2 rings (SSSR count). The Morgan fingerprint density at radius 1 is 1.71 bits per heavy atom. The van der Waals surface area contributed by atoms with Gasteiger partial charge in [0.05, 0.1) is 11.4 Å². The third-order valence-corrected chi connectivity index (χ3v) is 2.36. The minimum absolute atomic E-state index is 0.166. The number of anilines is 1. The summed E-state index contributed by atoms with van der Waals surface area (Å²) >= 11 is 0. The van der Waals surface area contributed by atoms with Crippen molar-refractivity contribution in [1.82, 2.24) is 15.5 Å². The minimum Gasteiger partial charge on any atom is -0.395 e. The lowest BCUT2D eigenvalue weighted by Crippen LogP contribution is -2.26. The van der Waals surface area contributed by atoms with Crippen LogP contribution in [0.4, 0.5) is 5.69 Å². The second-order valence-electron chi connectivity index (χ2n) is 3.57. The van der Waals surface area contributed by atoms with Crippen LogP contribution < -0.4 is 11.1 Å². The maximum Gasteiger partial charge on any atom is 0.274 e. The molecule has 76 valence electrons. The predicted octanol–water partition coefficient (Wildman–Crippen LogP) is 0.446. The van der Waals surface area contributed by atoms with Crippen LogP contribution >= 0.6 is 0 Å². The van der Waals surface area contributed by atoms with Crippen LogP contribution in [0.2, 0.25) is 0 Å². The first-order valence-electron chi connectivity index (χ1n) is 4.86. The third-order valence-electron chi connectivity index (χ3n) is 2.36. The number of hydrogen-bond donors (Lipinski definition) is 3. The maximum absolute atomic E-state index is 11.6. The highest BCUT2D eigenvalue weighted by atomic mass is 16.2. The lowest BCUT2D eigenvalue weighted by molar-refractivity contribution is 0.0947. The molecule has 14 heavy (non-hydrogen) atoms. The van der Waals surface area contributed by atoms with Crippen molar-refractivity contribution in [2.45, 2.75) is 32.2 Å². The zero-order valence-corrected chi connectivity index (χ0v) is 8.13. The topological polar surface area (TPSA) is 83.8 Å². The van der Waals surface area contributed by atoms with E-state index in [1.54, 1.807) is 0 Å². The molecule has 0 unspecified atom stereocenters. The van der Waals surface area contributed by atoms with E-state index in [2.05, 4.69) is 15.5 Å². The molecule has 1 aromatic heterocycles. The summed E-state index contributed by atoms with van der Waals surface area (Å²) in [5.74, 6) is -0.166. The Morgan fingerprint density at radius 3 is 2.93 bits per heavy atom. The highest BCUT2D eigenvalue weighted by molar-refractivity contribution is 5.97. The Balaban J connectivity index is 2.13. The minimum atomic E-state index is -0.166. The molecule has 1 aliphatic carbocycles. The molecule has 1 saturated carbocycles. The Bertz CT molecular complexity index is 354. The van der Waals surface area contributed by atoms with Crippen molar-refractivity contribution in [2.24, 2.45) is 0 Å². The molecule has 1 fully saturated rings. The van der Waals surface area contributed by atoms with Gasteiger partial charge < -0.3 is 11.1 Å². The first-order valence-corrected chi connectivity index (χ1v) is 4.86. The molecule has 1 aliphatic rings. The van der Waals surface area contributed by atoms with Crippen molar-refractivity contribution in [3.05, 3.63) is 11.4 Å². The number of aromatic nitrogens is 2. The molecular weight excluding hydrogens is 180 g/mol. The number of nitrogens with zero attached hydrogens (tertiary/aromatic N) is 1. The van der Waals surface area contributed by atoms with Crippen LogP contribution in [0.1, 0.15) is 35.9 Å². The number of nitrogens with one attached hydrogen (secondary N) is 2. The van der Waals surface area contributed by atoms with Gasteiger partial charge in [-0.05, 0) is 19.3 Å². The molecule has 0 spiro atoms. The van der Waals surface area contributed by atoms with Gasteiger partial charge >= 0.3 is 0 Å². The Hall–Kier alpha value is -1.52. The number of carbonyl (C=O) groups is 1. The van der Waals surface area contributed by atoms with Crippen molar-refractivity contribution in [1.29, 1.82) is 0 Å². The smallest absolute Gasteiger partial charge is 0.274 e. The number of amides is 1. The first kappa shape index (κ1) is 9.05. The number of nitrogen functional groups attached to an aromatic ring is 1. The molecule has 5 heteroatoms. The van der Waals surface area contributed by atoms with Crippen LogP contribution in [0.25, 0.3) is 0 Å². The number of H-pyrrole nitrogens is 1. The van der Waals surface area contributed by atoms with E-state index in [4.69, 9.17) is 5.73 Å². The summed E-state index contributed by atoms with van der Waals surface area (Å²) in [7, 11) is 0. The third kappa shape index (κ3) is 1.57. The fourth-order valence-corrected chi connectivity index (χ4v) is 1.31. The van der Waals surface area contributed by atoms with E-state index in [-0.39, 0.29) is 5.91 Å². The molecular formula is C9H14N4O. The number of carbonyl (C=O) groups excluding carboxylic acids is 1. The summed E-state index contributed by atoms with van der Waals surface area (Å²) in [6.45, 7) is 1.96. The van der Waals surface area contributed by atoms with Crippen molar-refractivity contribution in [3.8, 4) is 0 Å². The lowest BCUT2D eigenvalue weighted by Gasteiger charge is -2.00. The summed E-state index contributed by atoms with van der Waals surface area (Å²) in [5.41, 5.74) is 7.39. The van der Waals surface area contributed by atoms with E-state index < -0.39 is 0 Å². The first-order chi connectivity index (χ1) is 6.72. The van der Waals surface area contributed by atoms with Gasteiger partial charge in [0.2, 0.25) is 0 Å². The monoisotopic (exact) mass is 194 g/mol. The zero-order chi connectivity index (χ0) is 10.1. The molecule has 5 nitrogen and oxygen atoms in total. The average Bonchev–Trinajstić information content (AvgIpc) is 2.88. The molecule has 0 aliphatic heterocycles. The van der Waals surface area contributed by atoms with Crippen molar-refractivity contribution >= 4 is 11.6 Å². The van der Waals surface area contributed by atoms with Crippen LogP contribution in [0.3, 0.4) is 0 Å². The van der Waals surface area contributed by atoms with E-state index >= 15 is 0 Å². The highest BCUT2D eigenvalue weighted by Gasteiger charge is 2.26. The Morgan fingerprint density at radius 2 is 2.43 bits per heavy atom. The average molecular weight is 194 g/mol. The number of rotatable bonds is 3. The van der Waals surface area contributed by atoms with Gasteiger partial charge in [0.15, 0.2) is 5.69 Å². The molecule has 1 aromatic rings. The standard InChI is InChI=1S/C9H14N4O/c1-2-6-7(10)8(13-12-6)9(14)11-5-3-4-5/h5H,2-4,10H2,1H3,(H,11,14)(H,12,13). The Labute approximate surface area is 82.1 Å². The molecule has 0 aromatic carbocycles. The van der Waals surface area contributed by atoms with Gasteiger partial charge in [-0.2, -0.15) is 5.10 Å². The highest BCUT2D eigenvalue weighted by Crippen LogP contribution is 2.20. The quantitative estimate of drug-likeness (QED) is 0.653. The molecule has 4 N–H and O–H groups in total. The van der Waals surface area contributed by atoms with E-state index in [9.17, 15) is 4.79 Å². The molecule has 1 amide bonds. The fraction of sp³-hybridized carbons (Fsp3) is 0.556. The van der Waals surface area contributed by atoms with Crippen LogP contribution in [0, 0.1) is 0 Å². The van der Waals surface area contributed by atoms with Crippen molar-refractivity contribution in [3.63, 3.8) is 0 Å². The number of aromatic amines is 1. The van der Waals surface area contributed by atoms with Crippen LogP contribution in [0.15, 0.2) is 0 Å². The van der Waals surface area contributed by atoms with Gasteiger partial charge in [0.1, 0.15) is 0 Å². The lowest BCUT2D eigenvalue weighted by atomic mass is 10.2. The normalized spacial score (nSPS) is 15.5. The number of nitrogens with two attached hydrogens (primary N) is 1. The summed E-state index contributed by atoms with van der Waals surface area (Å²) in [6, 6.07) is 0.337. The zero-order valence-electron chi connectivity index (χ0n) is 8.13. The molecule has 0 radical (unpaired) electrons. The molecule has 0 bridgehead atoms. The summed E-state index contributed by atoms with van der Waals surface area (Å²) in [6.07, 6.45) is 2.89. The van der Waals surface area contributed by atoms with E-state index in [0.29, 0.717) is 17.4 Å². The van der Waals surface area contributed by atoms with E-state index in [1.807, 2.05) is 6.92 Å².